The first-order valence-corrected chi connectivity index (χ1v) is 9.20. The van der Waals surface area contributed by atoms with Crippen LogP contribution in [-0.4, -0.2) is 24.9 Å². The van der Waals surface area contributed by atoms with Crippen molar-refractivity contribution < 1.29 is 9.18 Å². The van der Waals surface area contributed by atoms with Crippen LogP contribution >= 0.6 is 0 Å². The summed E-state index contributed by atoms with van der Waals surface area (Å²) in [6, 6.07) is 6.67. The molecule has 1 amide bonds. The van der Waals surface area contributed by atoms with Gasteiger partial charge in [0.1, 0.15) is 5.83 Å². The third-order valence-electron chi connectivity index (χ3n) is 5.18. The Morgan fingerprint density at radius 2 is 1.73 bits per heavy atom. The van der Waals surface area contributed by atoms with Gasteiger partial charge in [0.25, 0.3) is 5.91 Å². The summed E-state index contributed by atoms with van der Waals surface area (Å²) in [5, 5.41) is 0. The number of allylic oxidation sites excluding steroid dienone is 5. The standard InChI is InChI=1S/C23H30FNO/c1-16-8-7-15-23(3,4)20(16)14-9-17(2)21(24)18-10-12-19(13-11-18)22(26)25(5)6/h9-14H,7-8,15H2,1-6H3/b14-9+,21-17-. The fourth-order valence-electron chi connectivity index (χ4n) is 3.54. The molecule has 0 fully saturated rings. The van der Waals surface area contributed by atoms with Crippen molar-refractivity contribution in [3.8, 4) is 0 Å². The molecule has 0 saturated carbocycles. The van der Waals surface area contributed by atoms with Crippen molar-refractivity contribution >= 4 is 11.7 Å². The summed E-state index contributed by atoms with van der Waals surface area (Å²) in [7, 11) is 3.41. The van der Waals surface area contributed by atoms with E-state index in [-0.39, 0.29) is 17.1 Å². The average Bonchev–Trinajstić information content (AvgIpc) is 2.59. The summed E-state index contributed by atoms with van der Waals surface area (Å²) < 4.78 is 14.8. The summed E-state index contributed by atoms with van der Waals surface area (Å²) in [5.74, 6) is -0.337. The fraction of sp³-hybridized carbons (Fsp3) is 0.435. The van der Waals surface area contributed by atoms with E-state index in [9.17, 15) is 9.18 Å². The molecule has 0 aliphatic heterocycles. The van der Waals surface area contributed by atoms with E-state index in [0.29, 0.717) is 16.7 Å². The first-order chi connectivity index (χ1) is 12.1. The van der Waals surface area contributed by atoms with E-state index >= 15 is 0 Å². The molecular formula is C23H30FNO. The van der Waals surface area contributed by atoms with Crippen LogP contribution in [0.25, 0.3) is 5.83 Å². The Labute approximate surface area is 157 Å². The lowest BCUT2D eigenvalue weighted by molar-refractivity contribution is 0.0827. The summed E-state index contributed by atoms with van der Waals surface area (Å²) in [4.78, 5) is 13.4. The number of nitrogens with zero attached hydrogens (tertiary/aromatic N) is 1. The summed E-state index contributed by atoms with van der Waals surface area (Å²) in [6.45, 7) is 8.48. The number of benzene rings is 1. The molecule has 140 valence electrons. The van der Waals surface area contributed by atoms with Gasteiger partial charge < -0.3 is 4.90 Å². The molecule has 0 heterocycles. The number of amides is 1. The van der Waals surface area contributed by atoms with Gasteiger partial charge in [-0.25, -0.2) is 4.39 Å². The van der Waals surface area contributed by atoms with Crippen LogP contribution in [0, 0.1) is 5.41 Å². The van der Waals surface area contributed by atoms with Crippen LogP contribution in [-0.2, 0) is 0 Å². The quantitative estimate of drug-likeness (QED) is 0.591. The van der Waals surface area contributed by atoms with Crippen LogP contribution in [0.1, 0.15) is 62.9 Å². The minimum atomic E-state index is -0.253. The number of halogens is 1. The minimum absolute atomic E-state index is 0.0838. The summed E-state index contributed by atoms with van der Waals surface area (Å²) in [6.07, 6.45) is 7.46. The topological polar surface area (TPSA) is 20.3 Å². The molecule has 0 N–H and O–H groups in total. The van der Waals surface area contributed by atoms with Gasteiger partial charge in [-0.1, -0.05) is 43.7 Å². The Kier molecular flexibility index (Phi) is 6.22. The predicted molar refractivity (Wildman–Crippen MR) is 108 cm³/mol. The van der Waals surface area contributed by atoms with Gasteiger partial charge >= 0.3 is 0 Å². The van der Waals surface area contributed by atoms with Crippen molar-refractivity contribution in [3.05, 3.63) is 64.3 Å². The van der Waals surface area contributed by atoms with E-state index in [2.05, 4.69) is 26.8 Å². The lowest BCUT2D eigenvalue weighted by Gasteiger charge is -2.33. The molecule has 1 aliphatic rings. The van der Waals surface area contributed by atoms with Crippen molar-refractivity contribution in [2.75, 3.05) is 14.1 Å². The smallest absolute Gasteiger partial charge is 0.253 e. The molecule has 1 aromatic carbocycles. The highest BCUT2D eigenvalue weighted by Gasteiger charge is 2.26. The maximum Gasteiger partial charge on any atom is 0.253 e. The number of rotatable bonds is 4. The molecule has 1 aromatic rings. The van der Waals surface area contributed by atoms with E-state index in [0.717, 1.165) is 12.8 Å². The van der Waals surface area contributed by atoms with Gasteiger partial charge in [-0.3, -0.25) is 4.79 Å². The highest BCUT2D eigenvalue weighted by atomic mass is 19.1. The molecule has 0 radical (unpaired) electrons. The van der Waals surface area contributed by atoms with Crippen molar-refractivity contribution in [1.82, 2.24) is 4.90 Å². The van der Waals surface area contributed by atoms with Crippen molar-refractivity contribution in [2.45, 2.75) is 47.0 Å². The van der Waals surface area contributed by atoms with Crippen molar-refractivity contribution in [1.29, 1.82) is 0 Å². The van der Waals surface area contributed by atoms with E-state index < -0.39 is 0 Å². The molecule has 1 aliphatic carbocycles. The lowest BCUT2D eigenvalue weighted by atomic mass is 9.72. The zero-order chi connectivity index (χ0) is 19.5. The second-order valence-corrected chi connectivity index (χ2v) is 8.04. The van der Waals surface area contributed by atoms with Crippen LogP contribution in [0.5, 0.6) is 0 Å². The van der Waals surface area contributed by atoms with Gasteiger partial charge in [0.05, 0.1) is 0 Å². The first-order valence-electron chi connectivity index (χ1n) is 9.20. The largest absolute Gasteiger partial charge is 0.345 e. The van der Waals surface area contributed by atoms with E-state index in [1.54, 1.807) is 45.3 Å². The molecule has 26 heavy (non-hydrogen) atoms. The Morgan fingerprint density at radius 1 is 1.15 bits per heavy atom. The second-order valence-electron chi connectivity index (χ2n) is 8.04. The van der Waals surface area contributed by atoms with Crippen LogP contribution in [0.3, 0.4) is 0 Å². The average molecular weight is 355 g/mol. The van der Waals surface area contributed by atoms with Gasteiger partial charge in [0, 0.05) is 25.2 Å². The van der Waals surface area contributed by atoms with E-state index in [1.807, 2.05) is 6.08 Å². The highest BCUT2D eigenvalue weighted by Crippen LogP contribution is 2.41. The molecule has 2 nitrogen and oxygen atoms in total. The molecule has 0 bridgehead atoms. The third kappa shape index (κ3) is 4.51. The fourth-order valence-corrected chi connectivity index (χ4v) is 3.54. The number of hydrogen-bond acceptors (Lipinski definition) is 1. The van der Waals surface area contributed by atoms with E-state index in [4.69, 9.17) is 0 Å². The van der Waals surface area contributed by atoms with Gasteiger partial charge in [-0.15, -0.1) is 0 Å². The first kappa shape index (κ1) is 20.2. The Morgan fingerprint density at radius 3 is 2.27 bits per heavy atom. The predicted octanol–water partition coefficient (Wildman–Crippen LogP) is 6.17. The SMILES string of the molecule is CC1=C(/C=C/C(C)=C(\F)c2ccc(C(=O)N(C)C)cc2)C(C)(C)CCC1. The molecule has 0 spiro atoms. The second kappa shape index (κ2) is 8.03. The summed E-state index contributed by atoms with van der Waals surface area (Å²) >= 11 is 0. The van der Waals surface area contributed by atoms with Crippen molar-refractivity contribution in [3.63, 3.8) is 0 Å². The highest BCUT2D eigenvalue weighted by molar-refractivity contribution is 5.94. The Bertz CT molecular complexity index is 764. The Hall–Kier alpha value is -2.16. The number of carbonyl (C=O) groups is 1. The van der Waals surface area contributed by atoms with Crippen LogP contribution in [0.15, 0.2) is 53.1 Å². The normalized spacial score (nSPS) is 18.1. The molecular weight excluding hydrogens is 325 g/mol. The molecule has 0 atom stereocenters. The molecule has 3 heteroatoms. The maximum absolute atomic E-state index is 14.8. The maximum atomic E-state index is 14.8. The third-order valence-corrected chi connectivity index (χ3v) is 5.18. The molecule has 0 aromatic heterocycles. The van der Waals surface area contributed by atoms with Gasteiger partial charge in [0.2, 0.25) is 0 Å². The molecule has 0 saturated heterocycles. The van der Waals surface area contributed by atoms with Gasteiger partial charge in [-0.05, 0) is 61.8 Å². The minimum Gasteiger partial charge on any atom is -0.345 e. The van der Waals surface area contributed by atoms with Crippen LogP contribution < -0.4 is 0 Å². The number of carbonyl (C=O) groups excluding carboxylic acids is 1. The lowest BCUT2D eigenvalue weighted by Crippen LogP contribution is -2.21. The monoisotopic (exact) mass is 355 g/mol. The molecule has 0 unspecified atom stereocenters. The summed E-state index contributed by atoms with van der Waals surface area (Å²) in [5.41, 5.74) is 4.52. The van der Waals surface area contributed by atoms with Crippen LogP contribution in [0.2, 0.25) is 0 Å². The number of hydrogen-bond donors (Lipinski definition) is 0. The van der Waals surface area contributed by atoms with Crippen LogP contribution in [0.4, 0.5) is 4.39 Å². The zero-order valence-corrected chi connectivity index (χ0v) is 16.8. The Balaban J connectivity index is 2.25. The zero-order valence-electron chi connectivity index (χ0n) is 16.8. The van der Waals surface area contributed by atoms with Gasteiger partial charge in [0.15, 0.2) is 0 Å². The van der Waals surface area contributed by atoms with Crippen molar-refractivity contribution in [2.24, 2.45) is 5.41 Å². The van der Waals surface area contributed by atoms with Gasteiger partial charge in [-0.2, -0.15) is 0 Å². The molecule has 2 rings (SSSR count). The van der Waals surface area contributed by atoms with E-state index in [1.165, 1.54) is 22.5 Å².